The number of pyridine rings is 1. The summed E-state index contributed by atoms with van der Waals surface area (Å²) in [7, 11) is 0. The SMILES string of the molecule is Cc1ncc(I)c([N+](=O)[O-])c1C(F)F. The maximum absolute atomic E-state index is 12.5. The van der Waals surface area contributed by atoms with E-state index in [4.69, 9.17) is 0 Å². The molecular formula is C7H5F2IN2O2. The van der Waals surface area contributed by atoms with Crippen LogP contribution in [-0.4, -0.2) is 9.91 Å². The van der Waals surface area contributed by atoms with Gasteiger partial charge in [0, 0.05) is 6.20 Å². The molecule has 0 amide bonds. The van der Waals surface area contributed by atoms with E-state index in [2.05, 4.69) is 4.98 Å². The van der Waals surface area contributed by atoms with E-state index >= 15 is 0 Å². The highest BCUT2D eigenvalue weighted by molar-refractivity contribution is 14.1. The number of aryl methyl sites for hydroxylation is 1. The average Bonchev–Trinajstić information content (AvgIpc) is 2.07. The molecule has 0 aliphatic rings. The van der Waals surface area contributed by atoms with Crippen molar-refractivity contribution in [3.63, 3.8) is 0 Å². The number of halogens is 3. The predicted octanol–water partition coefficient (Wildman–Crippen LogP) is 2.84. The highest BCUT2D eigenvalue weighted by atomic mass is 127. The molecule has 0 atom stereocenters. The van der Waals surface area contributed by atoms with Gasteiger partial charge in [-0.1, -0.05) is 0 Å². The molecule has 1 heterocycles. The van der Waals surface area contributed by atoms with Gasteiger partial charge in [-0.05, 0) is 29.5 Å². The van der Waals surface area contributed by atoms with Gasteiger partial charge in [0.2, 0.25) is 0 Å². The van der Waals surface area contributed by atoms with Crippen molar-refractivity contribution in [3.05, 3.63) is 31.1 Å². The van der Waals surface area contributed by atoms with E-state index in [0.29, 0.717) is 0 Å². The molecule has 0 aliphatic carbocycles. The Labute approximate surface area is 91.6 Å². The highest BCUT2D eigenvalue weighted by Gasteiger charge is 2.27. The summed E-state index contributed by atoms with van der Waals surface area (Å²) in [5, 5.41) is 10.5. The summed E-state index contributed by atoms with van der Waals surface area (Å²) in [5.41, 5.74) is -1.15. The van der Waals surface area contributed by atoms with Gasteiger partial charge in [-0.25, -0.2) is 8.78 Å². The Morgan fingerprint density at radius 2 is 2.21 bits per heavy atom. The second-order valence-corrected chi connectivity index (χ2v) is 3.67. The molecule has 0 saturated heterocycles. The minimum Gasteiger partial charge on any atom is -0.259 e. The predicted molar refractivity (Wildman–Crippen MR) is 53.3 cm³/mol. The number of nitrogens with zero attached hydrogens (tertiary/aromatic N) is 2. The molecule has 0 spiro atoms. The van der Waals surface area contributed by atoms with Crippen LogP contribution in [0.25, 0.3) is 0 Å². The van der Waals surface area contributed by atoms with Crippen LogP contribution in [0.2, 0.25) is 0 Å². The van der Waals surface area contributed by atoms with Gasteiger partial charge in [0.1, 0.15) is 9.13 Å². The summed E-state index contributed by atoms with van der Waals surface area (Å²) in [4.78, 5) is 13.4. The lowest BCUT2D eigenvalue weighted by molar-refractivity contribution is -0.387. The quantitative estimate of drug-likeness (QED) is 0.479. The van der Waals surface area contributed by atoms with Gasteiger partial charge < -0.3 is 0 Å². The fourth-order valence-electron chi connectivity index (χ4n) is 1.03. The molecule has 0 aromatic carbocycles. The van der Waals surface area contributed by atoms with Crippen LogP contribution in [0.3, 0.4) is 0 Å². The lowest BCUT2D eigenvalue weighted by Crippen LogP contribution is -2.03. The minimum atomic E-state index is -2.88. The van der Waals surface area contributed by atoms with Crippen LogP contribution >= 0.6 is 22.6 Å². The van der Waals surface area contributed by atoms with Gasteiger partial charge in [-0.15, -0.1) is 0 Å². The third-order valence-corrected chi connectivity index (χ3v) is 2.43. The van der Waals surface area contributed by atoms with Gasteiger partial charge >= 0.3 is 0 Å². The summed E-state index contributed by atoms with van der Waals surface area (Å²) in [6.07, 6.45) is -1.67. The number of hydrogen-bond acceptors (Lipinski definition) is 3. The first-order chi connectivity index (χ1) is 6.45. The molecular weight excluding hydrogens is 309 g/mol. The van der Waals surface area contributed by atoms with Crippen LogP contribution in [0.4, 0.5) is 14.5 Å². The fraction of sp³-hybridized carbons (Fsp3) is 0.286. The van der Waals surface area contributed by atoms with Crippen LogP contribution in [0.15, 0.2) is 6.20 Å². The Kier molecular flexibility index (Phi) is 3.29. The number of aromatic nitrogens is 1. The van der Waals surface area contributed by atoms with Crippen molar-refractivity contribution >= 4 is 28.3 Å². The second kappa shape index (κ2) is 4.11. The molecule has 0 radical (unpaired) electrons. The number of alkyl halides is 2. The van der Waals surface area contributed by atoms with Crippen LogP contribution in [0, 0.1) is 20.6 Å². The Hall–Kier alpha value is -0.860. The van der Waals surface area contributed by atoms with E-state index in [0.717, 1.165) is 0 Å². The van der Waals surface area contributed by atoms with Gasteiger partial charge in [0.25, 0.3) is 12.1 Å². The minimum absolute atomic E-state index is 0.00730. The zero-order valence-corrected chi connectivity index (χ0v) is 9.16. The number of nitro groups is 1. The molecule has 1 rings (SSSR count). The smallest absolute Gasteiger partial charge is 0.259 e. The highest BCUT2D eigenvalue weighted by Crippen LogP contribution is 2.33. The molecule has 0 saturated carbocycles. The molecule has 4 nitrogen and oxygen atoms in total. The monoisotopic (exact) mass is 314 g/mol. The number of hydrogen-bond donors (Lipinski definition) is 0. The fourth-order valence-corrected chi connectivity index (χ4v) is 1.66. The molecule has 1 aromatic heterocycles. The molecule has 0 N–H and O–H groups in total. The largest absolute Gasteiger partial charge is 0.294 e. The summed E-state index contributed by atoms with van der Waals surface area (Å²) < 4.78 is 25.1. The van der Waals surface area contributed by atoms with E-state index in [1.54, 1.807) is 22.6 Å². The first-order valence-electron chi connectivity index (χ1n) is 3.52. The van der Waals surface area contributed by atoms with Crippen molar-refractivity contribution in [2.75, 3.05) is 0 Å². The van der Waals surface area contributed by atoms with Crippen LogP contribution in [-0.2, 0) is 0 Å². The first kappa shape index (κ1) is 11.2. The van der Waals surface area contributed by atoms with E-state index in [1.165, 1.54) is 13.1 Å². The lowest BCUT2D eigenvalue weighted by Gasteiger charge is -2.05. The standard InChI is InChI=1S/C7H5F2IN2O2/c1-3-5(7(8)9)6(12(13)14)4(10)2-11-3/h2,7H,1H3. The van der Waals surface area contributed by atoms with Crippen molar-refractivity contribution < 1.29 is 13.7 Å². The van der Waals surface area contributed by atoms with E-state index in [1.807, 2.05) is 0 Å². The van der Waals surface area contributed by atoms with Crippen LogP contribution < -0.4 is 0 Å². The zero-order valence-electron chi connectivity index (χ0n) is 7.00. The van der Waals surface area contributed by atoms with Crippen molar-refractivity contribution in [2.45, 2.75) is 13.3 Å². The summed E-state index contributed by atoms with van der Waals surface area (Å²) >= 11 is 1.61. The first-order valence-corrected chi connectivity index (χ1v) is 4.60. The number of rotatable bonds is 2. The third-order valence-electron chi connectivity index (χ3n) is 1.64. The molecule has 0 bridgehead atoms. The van der Waals surface area contributed by atoms with Crippen molar-refractivity contribution in [3.8, 4) is 0 Å². The van der Waals surface area contributed by atoms with Crippen LogP contribution in [0.5, 0.6) is 0 Å². The summed E-state index contributed by atoms with van der Waals surface area (Å²) in [5.74, 6) is 0. The Morgan fingerprint density at radius 3 is 2.57 bits per heavy atom. The van der Waals surface area contributed by atoms with Gasteiger partial charge in [-0.3, -0.25) is 15.1 Å². The lowest BCUT2D eigenvalue weighted by atomic mass is 10.2. The second-order valence-electron chi connectivity index (χ2n) is 2.51. The molecule has 14 heavy (non-hydrogen) atoms. The molecule has 7 heteroatoms. The van der Waals surface area contributed by atoms with Crippen LogP contribution in [0.1, 0.15) is 17.7 Å². The summed E-state index contributed by atoms with van der Waals surface area (Å²) in [6, 6.07) is 0. The molecule has 0 unspecified atom stereocenters. The van der Waals surface area contributed by atoms with Gasteiger partial charge in [0.05, 0.1) is 10.6 Å². The van der Waals surface area contributed by atoms with Crippen molar-refractivity contribution in [1.82, 2.24) is 4.98 Å². The molecule has 76 valence electrons. The van der Waals surface area contributed by atoms with Gasteiger partial charge in [0.15, 0.2) is 0 Å². The zero-order chi connectivity index (χ0) is 10.9. The van der Waals surface area contributed by atoms with E-state index < -0.39 is 22.6 Å². The third kappa shape index (κ3) is 1.97. The Morgan fingerprint density at radius 1 is 1.64 bits per heavy atom. The van der Waals surface area contributed by atoms with Crippen molar-refractivity contribution in [1.29, 1.82) is 0 Å². The maximum Gasteiger partial charge on any atom is 0.294 e. The normalized spacial score (nSPS) is 10.6. The summed E-state index contributed by atoms with van der Waals surface area (Å²) in [6.45, 7) is 1.32. The average molecular weight is 314 g/mol. The maximum atomic E-state index is 12.5. The van der Waals surface area contributed by atoms with E-state index in [-0.39, 0.29) is 9.26 Å². The Balaban J connectivity index is 3.50. The molecule has 0 fully saturated rings. The topological polar surface area (TPSA) is 56.0 Å². The Bertz CT molecular complexity index is 384. The molecule has 0 aliphatic heterocycles. The van der Waals surface area contributed by atoms with Gasteiger partial charge in [-0.2, -0.15) is 0 Å². The van der Waals surface area contributed by atoms with E-state index in [9.17, 15) is 18.9 Å². The van der Waals surface area contributed by atoms with Crippen molar-refractivity contribution in [2.24, 2.45) is 0 Å². The molecule has 1 aromatic rings.